The van der Waals surface area contributed by atoms with Gasteiger partial charge in [0.25, 0.3) is 0 Å². The molecule has 0 radical (unpaired) electrons. The Morgan fingerprint density at radius 2 is 1.72 bits per heavy atom. The van der Waals surface area contributed by atoms with E-state index in [9.17, 15) is 0 Å². The molecule has 4 heteroatoms. The second kappa shape index (κ2) is 6.41. The minimum absolute atomic E-state index is 0.364. The number of oxime groups is 1. The lowest BCUT2D eigenvalue weighted by atomic mass is 9.84. The summed E-state index contributed by atoms with van der Waals surface area (Å²) in [6.45, 7) is 3.27. The van der Waals surface area contributed by atoms with Crippen LogP contribution in [0.15, 0.2) is 5.16 Å². The van der Waals surface area contributed by atoms with Crippen molar-refractivity contribution in [2.75, 3.05) is 6.54 Å². The normalized spacial score (nSPS) is 29.8. The predicted molar refractivity (Wildman–Crippen MR) is 73.8 cm³/mol. The van der Waals surface area contributed by atoms with Gasteiger partial charge in [-0.2, -0.15) is 0 Å². The van der Waals surface area contributed by atoms with Crippen LogP contribution in [0.2, 0.25) is 0 Å². The number of hydrogen-bond acceptors (Lipinski definition) is 3. The third-order valence-electron chi connectivity index (χ3n) is 4.63. The van der Waals surface area contributed by atoms with E-state index < -0.39 is 0 Å². The zero-order valence-electron chi connectivity index (χ0n) is 11.5. The molecule has 0 unspecified atom stereocenters. The largest absolute Gasteiger partial charge is 0.409 e. The number of amidine groups is 1. The van der Waals surface area contributed by atoms with Crippen LogP contribution in [0, 0.1) is 5.92 Å². The van der Waals surface area contributed by atoms with Crippen LogP contribution in [0.3, 0.4) is 0 Å². The molecule has 0 aliphatic heterocycles. The zero-order chi connectivity index (χ0) is 13.0. The van der Waals surface area contributed by atoms with Gasteiger partial charge < -0.3 is 10.9 Å². The van der Waals surface area contributed by atoms with E-state index in [0.717, 1.165) is 24.5 Å². The summed E-state index contributed by atoms with van der Waals surface area (Å²) in [5, 5.41) is 11.7. The second-order valence-electron chi connectivity index (χ2n) is 5.89. The van der Waals surface area contributed by atoms with Gasteiger partial charge in [0.1, 0.15) is 5.84 Å². The molecule has 0 amide bonds. The molecule has 0 aromatic rings. The van der Waals surface area contributed by atoms with E-state index in [2.05, 4.69) is 17.0 Å². The van der Waals surface area contributed by atoms with E-state index in [1.54, 1.807) is 0 Å². The number of nitrogens with zero attached hydrogens (tertiary/aromatic N) is 2. The zero-order valence-corrected chi connectivity index (χ0v) is 11.5. The highest BCUT2D eigenvalue weighted by atomic mass is 16.4. The van der Waals surface area contributed by atoms with E-state index >= 15 is 0 Å². The lowest BCUT2D eigenvalue weighted by Gasteiger charge is -2.37. The lowest BCUT2D eigenvalue weighted by molar-refractivity contribution is 0.130. The first kappa shape index (κ1) is 13.7. The Morgan fingerprint density at radius 3 is 2.17 bits per heavy atom. The maximum Gasteiger partial charge on any atom is 0.140 e. The summed E-state index contributed by atoms with van der Waals surface area (Å²) >= 11 is 0. The molecule has 3 N–H and O–H groups in total. The molecule has 2 aliphatic rings. The first-order valence-corrected chi connectivity index (χ1v) is 7.46. The van der Waals surface area contributed by atoms with Crippen LogP contribution in [-0.4, -0.2) is 34.6 Å². The van der Waals surface area contributed by atoms with Crippen molar-refractivity contribution >= 4 is 5.84 Å². The van der Waals surface area contributed by atoms with Gasteiger partial charge in [0.2, 0.25) is 0 Å². The second-order valence-corrected chi connectivity index (χ2v) is 5.89. The van der Waals surface area contributed by atoms with Gasteiger partial charge in [-0.1, -0.05) is 18.5 Å². The van der Waals surface area contributed by atoms with Crippen LogP contribution in [0.1, 0.15) is 58.3 Å². The lowest BCUT2D eigenvalue weighted by Crippen LogP contribution is -2.41. The molecule has 0 aromatic heterocycles. The van der Waals surface area contributed by atoms with Crippen molar-refractivity contribution in [3.05, 3.63) is 0 Å². The van der Waals surface area contributed by atoms with E-state index in [0.29, 0.717) is 12.3 Å². The van der Waals surface area contributed by atoms with Gasteiger partial charge in [-0.3, -0.25) is 4.90 Å². The highest BCUT2D eigenvalue weighted by molar-refractivity contribution is 5.79. The molecule has 4 nitrogen and oxygen atoms in total. The standard InChI is InChI=1S/C14H27N3O/c1-2-11-3-5-12(6-4-11)17(13-7-8-13)10-9-14(15)16-18/h11-13,18H,2-10H2,1H3,(H2,15,16). The Kier molecular flexibility index (Phi) is 4.87. The van der Waals surface area contributed by atoms with Crippen molar-refractivity contribution in [1.29, 1.82) is 0 Å². The fraction of sp³-hybridized carbons (Fsp3) is 0.929. The molecule has 0 bridgehead atoms. The maximum absolute atomic E-state index is 8.62. The summed E-state index contributed by atoms with van der Waals surface area (Å²) in [5.41, 5.74) is 5.59. The van der Waals surface area contributed by atoms with Crippen molar-refractivity contribution in [1.82, 2.24) is 4.90 Å². The van der Waals surface area contributed by atoms with Gasteiger partial charge in [0, 0.05) is 25.0 Å². The summed E-state index contributed by atoms with van der Waals surface area (Å²) in [5.74, 6) is 1.31. The Bertz CT molecular complexity index is 281. The van der Waals surface area contributed by atoms with Crippen LogP contribution >= 0.6 is 0 Å². The molecular formula is C14H27N3O. The SMILES string of the molecule is CCC1CCC(N(CCC(N)=NO)C2CC2)CC1. The average molecular weight is 253 g/mol. The summed E-state index contributed by atoms with van der Waals surface area (Å²) in [7, 11) is 0. The molecule has 0 aromatic carbocycles. The Hall–Kier alpha value is -0.770. The van der Waals surface area contributed by atoms with Gasteiger partial charge in [-0.05, 0) is 44.4 Å². The van der Waals surface area contributed by atoms with Gasteiger partial charge >= 0.3 is 0 Å². The van der Waals surface area contributed by atoms with Gasteiger partial charge in [-0.25, -0.2) is 0 Å². The third-order valence-corrected chi connectivity index (χ3v) is 4.63. The molecule has 2 fully saturated rings. The molecule has 2 saturated carbocycles. The molecule has 104 valence electrons. The van der Waals surface area contributed by atoms with Crippen LogP contribution in [-0.2, 0) is 0 Å². The molecule has 18 heavy (non-hydrogen) atoms. The molecule has 0 heterocycles. The molecule has 0 saturated heterocycles. The van der Waals surface area contributed by atoms with Crippen molar-refractivity contribution in [3.8, 4) is 0 Å². The van der Waals surface area contributed by atoms with Gasteiger partial charge in [-0.15, -0.1) is 0 Å². The van der Waals surface area contributed by atoms with Crippen molar-refractivity contribution in [2.24, 2.45) is 16.8 Å². The maximum atomic E-state index is 8.62. The van der Waals surface area contributed by atoms with Crippen molar-refractivity contribution < 1.29 is 5.21 Å². The van der Waals surface area contributed by atoms with Crippen LogP contribution in [0.5, 0.6) is 0 Å². The Morgan fingerprint density at radius 1 is 1.17 bits per heavy atom. The first-order valence-electron chi connectivity index (χ1n) is 7.46. The molecule has 2 rings (SSSR count). The van der Waals surface area contributed by atoms with Gasteiger partial charge in [0.15, 0.2) is 0 Å². The van der Waals surface area contributed by atoms with E-state index in [1.807, 2.05) is 0 Å². The molecule has 2 aliphatic carbocycles. The average Bonchev–Trinajstić information content (AvgIpc) is 3.24. The van der Waals surface area contributed by atoms with E-state index in [4.69, 9.17) is 10.9 Å². The highest BCUT2D eigenvalue weighted by Gasteiger charge is 2.35. The fourth-order valence-electron chi connectivity index (χ4n) is 3.25. The smallest absolute Gasteiger partial charge is 0.140 e. The summed E-state index contributed by atoms with van der Waals surface area (Å²) in [4.78, 5) is 2.63. The summed E-state index contributed by atoms with van der Waals surface area (Å²) in [6, 6.07) is 1.52. The number of nitrogens with two attached hydrogens (primary N) is 1. The number of hydrogen-bond donors (Lipinski definition) is 2. The summed E-state index contributed by atoms with van der Waals surface area (Å²) in [6.07, 6.45) is 10.1. The topological polar surface area (TPSA) is 61.8 Å². The molecule has 0 spiro atoms. The van der Waals surface area contributed by atoms with Crippen LogP contribution in [0.4, 0.5) is 0 Å². The van der Waals surface area contributed by atoms with Crippen molar-refractivity contribution in [2.45, 2.75) is 70.4 Å². The van der Waals surface area contributed by atoms with E-state index in [-0.39, 0.29) is 0 Å². The van der Waals surface area contributed by atoms with Gasteiger partial charge in [0.05, 0.1) is 0 Å². The third kappa shape index (κ3) is 3.61. The molecular weight excluding hydrogens is 226 g/mol. The first-order chi connectivity index (χ1) is 8.74. The van der Waals surface area contributed by atoms with Crippen molar-refractivity contribution in [3.63, 3.8) is 0 Å². The highest BCUT2D eigenvalue weighted by Crippen LogP contribution is 2.36. The quantitative estimate of drug-likeness (QED) is 0.331. The van der Waals surface area contributed by atoms with Crippen LogP contribution < -0.4 is 5.73 Å². The predicted octanol–water partition coefficient (Wildman–Crippen LogP) is 2.56. The van der Waals surface area contributed by atoms with E-state index in [1.165, 1.54) is 44.9 Å². The summed E-state index contributed by atoms with van der Waals surface area (Å²) < 4.78 is 0. The minimum atomic E-state index is 0.364. The monoisotopic (exact) mass is 253 g/mol. The number of rotatable bonds is 6. The Labute approximate surface area is 110 Å². The fourth-order valence-corrected chi connectivity index (χ4v) is 3.25. The molecule has 0 atom stereocenters. The van der Waals surface area contributed by atoms with Crippen LogP contribution in [0.25, 0.3) is 0 Å². The Balaban J connectivity index is 1.82. The minimum Gasteiger partial charge on any atom is -0.409 e.